The minimum absolute atomic E-state index is 0.251. The Morgan fingerprint density at radius 3 is 2.33 bits per heavy atom. The molecule has 0 aromatic rings. The van der Waals surface area contributed by atoms with Gasteiger partial charge in [-0.1, -0.05) is 19.6 Å². The van der Waals surface area contributed by atoms with Crippen molar-refractivity contribution in [3.8, 4) is 0 Å². The van der Waals surface area contributed by atoms with Crippen LogP contribution in [0.15, 0.2) is 0 Å². The zero-order chi connectivity index (χ0) is 13.9. The molecule has 0 bridgehead atoms. The predicted octanol–water partition coefficient (Wildman–Crippen LogP) is -0.926. The monoisotopic (exact) mass is 278 g/mol. The van der Waals surface area contributed by atoms with E-state index in [2.05, 4.69) is 19.6 Å². The van der Waals surface area contributed by atoms with Crippen LogP contribution in [0.25, 0.3) is 0 Å². The van der Waals surface area contributed by atoms with Crippen LogP contribution in [0.1, 0.15) is 0 Å². The molecule has 108 valence electrons. The van der Waals surface area contributed by atoms with Crippen molar-refractivity contribution < 1.29 is 19.7 Å². The fourth-order valence-electron chi connectivity index (χ4n) is 1.79. The maximum absolute atomic E-state index is 9.86. The predicted molar refractivity (Wildman–Crippen MR) is 71.8 cm³/mol. The highest BCUT2D eigenvalue weighted by Crippen LogP contribution is 2.20. The van der Waals surface area contributed by atoms with Crippen molar-refractivity contribution in [3.05, 3.63) is 0 Å². The third-order valence-electron chi connectivity index (χ3n) is 3.16. The molecule has 6 N–H and O–H groups in total. The molecular formula is C11H26N2O4Si. The average Bonchev–Trinajstić information content (AvgIpc) is 2.27. The lowest BCUT2D eigenvalue weighted by molar-refractivity contribution is -0.236. The molecule has 0 aromatic carbocycles. The molecule has 0 radical (unpaired) electrons. The number of hydrogen-bond donors (Lipinski definition) is 4. The molecule has 0 aliphatic carbocycles. The summed E-state index contributed by atoms with van der Waals surface area (Å²) < 4.78 is 11.1. The molecule has 1 aliphatic heterocycles. The Hall–Kier alpha value is -0.0231. The smallest absolute Gasteiger partial charge is 0.175 e. The van der Waals surface area contributed by atoms with Crippen molar-refractivity contribution in [2.75, 3.05) is 13.2 Å². The lowest BCUT2D eigenvalue weighted by Crippen LogP contribution is -2.65. The largest absolute Gasteiger partial charge is 0.394 e. The van der Waals surface area contributed by atoms with Gasteiger partial charge in [0.15, 0.2) is 6.29 Å². The van der Waals surface area contributed by atoms with Crippen LogP contribution in [-0.4, -0.2) is 62.1 Å². The van der Waals surface area contributed by atoms with Gasteiger partial charge < -0.3 is 31.2 Å². The van der Waals surface area contributed by atoms with E-state index in [-0.39, 0.29) is 6.61 Å². The molecule has 1 heterocycles. The Labute approximate surface area is 109 Å². The maximum Gasteiger partial charge on any atom is 0.175 e. The molecule has 1 fully saturated rings. The van der Waals surface area contributed by atoms with Crippen LogP contribution in [0.5, 0.6) is 0 Å². The number of ether oxygens (including phenoxy) is 2. The summed E-state index contributed by atoms with van der Waals surface area (Å²) in [7, 11) is -1.18. The van der Waals surface area contributed by atoms with Gasteiger partial charge in [-0.15, -0.1) is 0 Å². The van der Waals surface area contributed by atoms with Crippen LogP contribution < -0.4 is 11.5 Å². The third-order valence-corrected chi connectivity index (χ3v) is 4.86. The second kappa shape index (κ2) is 6.42. The van der Waals surface area contributed by atoms with Gasteiger partial charge in [0, 0.05) is 14.7 Å². The standard InChI is InChI=1S/C11H26N2O4Si/c1-18(2,3)5-4-16-11-9(13)10(15)8(12)7(6-14)17-11/h7-11,14-15H,4-6,12-13H2,1-3H3/t7?,8-,9-,10?,11-/m1/s1. The Morgan fingerprint density at radius 2 is 1.83 bits per heavy atom. The van der Waals surface area contributed by atoms with E-state index in [1.165, 1.54) is 0 Å². The van der Waals surface area contributed by atoms with Crippen molar-refractivity contribution in [1.29, 1.82) is 0 Å². The van der Waals surface area contributed by atoms with Crippen LogP contribution in [0.2, 0.25) is 25.7 Å². The first kappa shape index (κ1) is 16.0. The molecule has 1 saturated heterocycles. The molecule has 0 amide bonds. The Morgan fingerprint density at radius 1 is 1.22 bits per heavy atom. The molecule has 0 spiro atoms. The molecule has 1 rings (SSSR count). The highest BCUT2D eigenvalue weighted by molar-refractivity contribution is 6.76. The second-order valence-electron chi connectivity index (χ2n) is 6.05. The van der Waals surface area contributed by atoms with Gasteiger partial charge in [0.05, 0.1) is 24.8 Å². The summed E-state index contributed by atoms with van der Waals surface area (Å²) in [5.74, 6) is 0. The van der Waals surface area contributed by atoms with Crippen molar-refractivity contribution in [2.24, 2.45) is 11.5 Å². The summed E-state index contributed by atoms with van der Waals surface area (Å²) in [6.07, 6.45) is -2.25. The third kappa shape index (κ3) is 4.27. The molecule has 1 aliphatic rings. The van der Waals surface area contributed by atoms with E-state index in [0.29, 0.717) is 6.61 Å². The van der Waals surface area contributed by atoms with E-state index in [1.54, 1.807) is 0 Å². The lowest BCUT2D eigenvalue weighted by atomic mass is 9.96. The van der Waals surface area contributed by atoms with Gasteiger partial charge in [-0.3, -0.25) is 0 Å². The molecular weight excluding hydrogens is 252 g/mol. The van der Waals surface area contributed by atoms with Crippen LogP contribution in [-0.2, 0) is 9.47 Å². The SMILES string of the molecule is C[Si](C)(C)CCO[C@@H]1OC(CO)[C@@H](N)C(O)[C@H]1N. The van der Waals surface area contributed by atoms with Crippen molar-refractivity contribution in [1.82, 2.24) is 0 Å². The van der Waals surface area contributed by atoms with Gasteiger partial charge in [0.1, 0.15) is 6.10 Å². The van der Waals surface area contributed by atoms with Crippen LogP contribution in [0.3, 0.4) is 0 Å². The zero-order valence-corrected chi connectivity index (χ0v) is 12.4. The first-order valence-corrected chi connectivity index (χ1v) is 10.0. The summed E-state index contributed by atoms with van der Waals surface area (Å²) in [5, 5.41) is 19.0. The molecule has 0 saturated carbocycles. The first-order chi connectivity index (χ1) is 8.26. The van der Waals surface area contributed by atoms with Crippen LogP contribution in [0.4, 0.5) is 0 Å². The molecule has 0 aromatic heterocycles. The van der Waals surface area contributed by atoms with Gasteiger partial charge in [-0.2, -0.15) is 0 Å². The molecule has 18 heavy (non-hydrogen) atoms. The highest BCUT2D eigenvalue weighted by Gasteiger charge is 2.41. The summed E-state index contributed by atoms with van der Waals surface area (Å²) in [4.78, 5) is 0. The van der Waals surface area contributed by atoms with E-state index >= 15 is 0 Å². The molecule has 6 nitrogen and oxygen atoms in total. The van der Waals surface area contributed by atoms with Crippen molar-refractivity contribution >= 4 is 8.07 Å². The highest BCUT2D eigenvalue weighted by atomic mass is 28.3. The van der Waals surface area contributed by atoms with E-state index in [1.807, 2.05) is 0 Å². The number of hydrogen-bond acceptors (Lipinski definition) is 6. The Bertz CT molecular complexity index is 260. The van der Waals surface area contributed by atoms with E-state index < -0.39 is 38.7 Å². The van der Waals surface area contributed by atoms with Crippen LogP contribution in [0, 0.1) is 0 Å². The quantitative estimate of drug-likeness (QED) is 0.484. The van der Waals surface area contributed by atoms with Crippen molar-refractivity contribution in [2.45, 2.75) is 56.3 Å². The second-order valence-corrected chi connectivity index (χ2v) is 11.7. The van der Waals surface area contributed by atoms with Gasteiger partial charge in [0.25, 0.3) is 0 Å². The molecule has 2 unspecified atom stereocenters. The fraction of sp³-hybridized carbons (Fsp3) is 1.00. The first-order valence-electron chi connectivity index (χ1n) is 6.33. The summed E-state index contributed by atoms with van der Waals surface area (Å²) in [5.41, 5.74) is 11.5. The Kier molecular flexibility index (Phi) is 5.72. The van der Waals surface area contributed by atoms with Gasteiger partial charge >= 0.3 is 0 Å². The fourth-order valence-corrected chi connectivity index (χ4v) is 2.52. The number of rotatable bonds is 5. The summed E-state index contributed by atoms with van der Waals surface area (Å²) in [6.45, 7) is 7.05. The van der Waals surface area contributed by atoms with Gasteiger partial charge in [-0.05, 0) is 6.04 Å². The zero-order valence-electron chi connectivity index (χ0n) is 11.4. The van der Waals surface area contributed by atoms with E-state index in [4.69, 9.17) is 26.0 Å². The lowest BCUT2D eigenvalue weighted by Gasteiger charge is -2.41. The minimum atomic E-state index is -1.18. The topological polar surface area (TPSA) is 111 Å². The van der Waals surface area contributed by atoms with Gasteiger partial charge in [0.2, 0.25) is 0 Å². The summed E-state index contributed by atoms with van der Waals surface area (Å²) >= 11 is 0. The minimum Gasteiger partial charge on any atom is -0.394 e. The summed E-state index contributed by atoms with van der Waals surface area (Å²) in [6, 6.07) is -0.364. The van der Waals surface area contributed by atoms with Crippen LogP contribution >= 0.6 is 0 Å². The normalized spacial score (nSPS) is 37.8. The number of aliphatic hydroxyl groups excluding tert-OH is 2. The van der Waals surface area contributed by atoms with Crippen molar-refractivity contribution in [3.63, 3.8) is 0 Å². The maximum atomic E-state index is 9.86. The Balaban J connectivity index is 2.49. The van der Waals surface area contributed by atoms with Gasteiger partial charge in [-0.25, -0.2) is 0 Å². The number of nitrogens with two attached hydrogens (primary N) is 2. The molecule has 7 heteroatoms. The van der Waals surface area contributed by atoms with E-state index in [0.717, 1.165) is 6.04 Å². The van der Waals surface area contributed by atoms with E-state index in [9.17, 15) is 5.11 Å². The molecule has 5 atom stereocenters. The average molecular weight is 278 g/mol. The number of aliphatic hydroxyl groups is 2.